The summed E-state index contributed by atoms with van der Waals surface area (Å²) in [7, 11) is 1.00. The summed E-state index contributed by atoms with van der Waals surface area (Å²) in [5.41, 5.74) is 1.86. The number of aliphatic hydroxyl groups is 1. The Balaban J connectivity index is 0.000000921. The first-order chi connectivity index (χ1) is 10.1. The van der Waals surface area contributed by atoms with Crippen LogP contribution < -0.4 is 5.32 Å². The number of hydrogen-bond donors (Lipinski definition) is 2. The second kappa shape index (κ2) is 11.8. The molecule has 0 spiro atoms. The van der Waals surface area contributed by atoms with Crippen LogP contribution in [-0.2, 0) is 0 Å². The highest BCUT2D eigenvalue weighted by Gasteiger charge is 2.16. The van der Waals surface area contributed by atoms with Gasteiger partial charge in [0.15, 0.2) is 0 Å². The predicted octanol–water partition coefficient (Wildman–Crippen LogP) is 4.45. The lowest BCUT2D eigenvalue weighted by molar-refractivity contribution is 0.0927. The van der Waals surface area contributed by atoms with Gasteiger partial charge in [0.2, 0.25) is 0 Å². The highest BCUT2D eigenvalue weighted by Crippen LogP contribution is 2.19. The van der Waals surface area contributed by atoms with Crippen molar-refractivity contribution >= 4 is 21.8 Å². The number of hydrogen-bond acceptors (Lipinski definition) is 2. The lowest BCUT2D eigenvalue weighted by Gasteiger charge is -2.22. The van der Waals surface area contributed by atoms with Gasteiger partial charge in [-0.25, -0.2) is 0 Å². The van der Waals surface area contributed by atoms with Crippen molar-refractivity contribution in [2.24, 2.45) is 0 Å². The first kappa shape index (κ1) is 20.1. The molecule has 0 aliphatic heterocycles. The molecule has 0 radical (unpaired) electrons. The molecule has 1 aromatic carbocycles. The Morgan fingerprint density at radius 1 is 1.14 bits per heavy atom. The van der Waals surface area contributed by atoms with Crippen LogP contribution in [0.5, 0.6) is 0 Å². The van der Waals surface area contributed by atoms with Crippen LogP contribution in [0.4, 0.5) is 0 Å². The highest BCUT2D eigenvalue weighted by molar-refractivity contribution is 9.10. The number of halogens is 1. The van der Waals surface area contributed by atoms with E-state index in [0.717, 1.165) is 35.6 Å². The summed E-state index contributed by atoms with van der Waals surface area (Å²) in [5, 5.41) is 10.1. The van der Waals surface area contributed by atoms with Crippen LogP contribution in [0, 0.1) is 6.92 Å². The molecule has 4 heteroatoms. The maximum absolute atomic E-state index is 12.1. The molecule has 1 saturated carbocycles. The molecule has 1 aliphatic rings. The molecule has 3 nitrogen and oxygen atoms in total. The maximum Gasteiger partial charge on any atom is 0.251 e. The Morgan fingerprint density at radius 2 is 1.71 bits per heavy atom. The Morgan fingerprint density at radius 3 is 2.24 bits per heavy atom. The van der Waals surface area contributed by atoms with Crippen molar-refractivity contribution in [3.63, 3.8) is 0 Å². The van der Waals surface area contributed by atoms with Gasteiger partial charge in [-0.1, -0.05) is 49.0 Å². The summed E-state index contributed by atoms with van der Waals surface area (Å²) < 4.78 is 0.964. The molecular weight excluding hydrogens is 330 g/mol. The Kier molecular flexibility index (Phi) is 11.3. The number of carbonyl (C=O) groups is 1. The van der Waals surface area contributed by atoms with E-state index in [1.54, 1.807) is 0 Å². The van der Waals surface area contributed by atoms with E-state index >= 15 is 0 Å². The molecule has 0 atom stereocenters. The lowest BCUT2D eigenvalue weighted by atomic mass is 9.95. The summed E-state index contributed by atoms with van der Waals surface area (Å²) in [6, 6.07) is 6.20. The number of aliphatic hydroxyl groups excluding tert-OH is 1. The van der Waals surface area contributed by atoms with Gasteiger partial charge in [-0.15, -0.1) is 0 Å². The molecule has 0 heterocycles. The van der Waals surface area contributed by atoms with Crippen LogP contribution in [0.25, 0.3) is 0 Å². The summed E-state index contributed by atoms with van der Waals surface area (Å²) in [6.45, 7) is 6.00. The molecule has 0 saturated heterocycles. The molecule has 2 rings (SSSR count). The third-order valence-corrected chi connectivity index (χ3v) is 3.70. The van der Waals surface area contributed by atoms with Crippen molar-refractivity contribution in [1.29, 1.82) is 0 Å². The van der Waals surface area contributed by atoms with Crippen molar-refractivity contribution in [3.8, 4) is 0 Å². The third-order valence-electron chi connectivity index (χ3n) is 3.24. The quantitative estimate of drug-likeness (QED) is 0.820. The fraction of sp³-hybridized carbons (Fsp3) is 0.588. The average Bonchev–Trinajstić information content (AvgIpc) is 2.51. The monoisotopic (exact) mass is 357 g/mol. The molecule has 0 bridgehead atoms. The number of benzene rings is 1. The Bertz CT molecular complexity index is 395. The number of nitrogens with one attached hydrogen (secondary N) is 1. The normalized spacial score (nSPS) is 14.2. The van der Waals surface area contributed by atoms with Gasteiger partial charge < -0.3 is 10.4 Å². The highest BCUT2D eigenvalue weighted by atomic mass is 79.9. The van der Waals surface area contributed by atoms with Gasteiger partial charge in [-0.2, -0.15) is 0 Å². The van der Waals surface area contributed by atoms with Crippen molar-refractivity contribution in [1.82, 2.24) is 5.32 Å². The zero-order valence-electron chi connectivity index (χ0n) is 13.6. The van der Waals surface area contributed by atoms with Crippen molar-refractivity contribution in [2.45, 2.75) is 58.9 Å². The first-order valence-corrected chi connectivity index (χ1v) is 8.47. The standard InChI is InChI=1S/C14H18BrNO.C2H6.CH4O/c1-10-7-11(9-12(15)8-10)14(17)16-13-5-3-2-4-6-13;2*1-2/h7-9,13H,2-6H2,1H3,(H,16,17);1-2H3;2H,1H3. The van der Waals surface area contributed by atoms with Crippen LogP contribution in [-0.4, -0.2) is 24.2 Å². The predicted molar refractivity (Wildman–Crippen MR) is 92.7 cm³/mol. The van der Waals surface area contributed by atoms with E-state index in [2.05, 4.69) is 21.2 Å². The zero-order valence-corrected chi connectivity index (χ0v) is 15.2. The van der Waals surface area contributed by atoms with E-state index < -0.39 is 0 Å². The van der Waals surface area contributed by atoms with E-state index in [4.69, 9.17) is 5.11 Å². The largest absolute Gasteiger partial charge is 0.400 e. The summed E-state index contributed by atoms with van der Waals surface area (Å²) in [5.74, 6) is 0.0568. The maximum atomic E-state index is 12.1. The Labute approximate surface area is 137 Å². The van der Waals surface area contributed by atoms with E-state index in [9.17, 15) is 4.79 Å². The fourth-order valence-electron chi connectivity index (χ4n) is 2.38. The molecule has 2 N–H and O–H groups in total. The van der Waals surface area contributed by atoms with Crippen LogP contribution in [0.15, 0.2) is 22.7 Å². The third kappa shape index (κ3) is 7.63. The fourth-order valence-corrected chi connectivity index (χ4v) is 2.99. The number of aryl methyl sites for hydroxylation is 1. The molecule has 0 unspecified atom stereocenters. The van der Waals surface area contributed by atoms with Gasteiger partial charge in [0.05, 0.1) is 0 Å². The molecule has 0 aromatic heterocycles. The molecular formula is C17H28BrNO2. The molecule has 1 fully saturated rings. The van der Waals surface area contributed by atoms with Crippen LogP contribution >= 0.6 is 15.9 Å². The summed E-state index contributed by atoms with van der Waals surface area (Å²) in [6.07, 6.45) is 6.03. The number of carbonyl (C=O) groups excluding carboxylic acids is 1. The van der Waals surface area contributed by atoms with E-state index in [1.807, 2.05) is 39.0 Å². The summed E-state index contributed by atoms with van der Waals surface area (Å²) in [4.78, 5) is 12.1. The van der Waals surface area contributed by atoms with Crippen LogP contribution in [0.3, 0.4) is 0 Å². The van der Waals surface area contributed by atoms with Crippen LogP contribution in [0.1, 0.15) is 61.9 Å². The van der Waals surface area contributed by atoms with Crippen LogP contribution in [0.2, 0.25) is 0 Å². The molecule has 1 aromatic rings. The Hall–Kier alpha value is -0.870. The topological polar surface area (TPSA) is 49.3 Å². The second-order valence-electron chi connectivity index (χ2n) is 4.83. The smallest absolute Gasteiger partial charge is 0.251 e. The van der Waals surface area contributed by atoms with Gasteiger partial charge in [-0.3, -0.25) is 4.79 Å². The molecule has 120 valence electrons. The SMILES string of the molecule is CC.CO.Cc1cc(Br)cc(C(=O)NC2CCCCC2)c1. The minimum absolute atomic E-state index is 0.0568. The molecule has 21 heavy (non-hydrogen) atoms. The van der Waals surface area contributed by atoms with Crippen molar-refractivity contribution < 1.29 is 9.90 Å². The zero-order chi connectivity index (χ0) is 16.3. The van der Waals surface area contributed by atoms with Gasteiger partial charge in [-0.05, 0) is 43.5 Å². The summed E-state index contributed by atoms with van der Waals surface area (Å²) >= 11 is 3.43. The molecule has 1 aliphatic carbocycles. The molecule has 1 amide bonds. The van der Waals surface area contributed by atoms with Gasteiger partial charge in [0, 0.05) is 23.2 Å². The van der Waals surface area contributed by atoms with Crippen molar-refractivity contribution in [3.05, 3.63) is 33.8 Å². The minimum Gasteiger partial charge on any atom is -0.400 e. The van der Waals surface area contributed by atoms with Gasteiger partial charge in [0.1, 0.15) is 0 Å². The first-order valence-electron chi connectivity index (χ1n) is 7.68. The van der Waals surface area contributed by atoms with Gasteiger partial charge in [0.25, 0.3) is 5.91 Å². The average molecular weight is 358 g/mol. The second-order valence-corrected chi connectivity index (χ2v) is 5.74. The number of amides is 1. The van der Waals surface area contributed by atoms with Gasteiger partial charge >= 0.3 is 0 Å². The number of rotatable bonds is 2. The minimum atomic E-state index is 0.0568. The lowest BCUT2D eigenvalue weighted by Crippen LogP contribution is -2.36. The van der Waals surface area contributed by atoms with Crippen molar-refractivity contribution in [2.75, 3.05) is 7.11 Å². The van der Waals surface area contributed by atoms with E-state index in [0.29, 0.717) is 6.04 Å². The van der Waals surface area contributed by atoms with E-state index in [1.165, 1.54) is 19.3 Å². The van der Waals surface area contributed by atoms with E-state index in [-0.39, 0.29) is 5.91 Å².